The molecule has 6 aromatic heterocycles. The molecule has 6 heterocycles. The van der Waals surface area contributed by atoms with E-state index in [1.807, 2.05) is 72.8 Å². The number of aromatic nitrogens is 8. The van der Waals surface area contributed by atoms with Gasteiger partial charge in [-0.3, -0.25) is 0 Å². The van der Waals surface area contributed by atoms with Gasteiger partial charge in [-0.05, 0) is 84.6 Å². The van der Waals surface area contributed by atoms with E-state index < -0.39 is 0 Å². The van der Waals surface area contributed by atoms with E-state index in [0.29, 0.717) is 11.6 Å². The Kier molecular flexibility index (Phi) is 15.4. The van der Waals surface area contributed by atoms with E-state index in [1.54, 1.807) is 0 Å². The monoisotopic (exact) mass is 1260 g/mol. The van der Waals surface area contributed by atoms with Crippen molar-refractivity contribution in [3.05, 3.63) is 328 Å². The first kappa shape index (κ1) is 59.0. The highest BCUT2D eigenvalue weighted by Gasteiger charge is 2.19. The fourth-order valence-electron chi connectivity index (χ4n) is 13.9. The minimum Gasteiger partial charge on any atom is -0.339 e. The molecule has 8 nitrogen and oxygen atoms in total. The fourth-order valence-corrected chi connectivity index (χ4v) is 13.9. The number of nitrogens with zero attached hydrogens (tertiary/aromatic N) is 8. The summed E-state index contributed by atoms with van der Waals surface area (Å²) in [5.74, 6) is 1.41. The summed E-state index contributed by atoms with van der Waals surface area (Å²) in [7, 11) is 0. The SMILES string of the molecule is CCn1c2ccccc2c2ccc3ccc(-c4ccc(-c5cccc(-c6nc(-c7ccccc7)cc(-c7ccccc7)n6)c5)cc4)nc3c21.CCn1c2ccccc2c2ccc3ccc(-c4cccc(-c5ccc(-c6nc(-c7ccccc7)cc(-c7ccccc7)n6)cc5)c4)nc3c21. The quantitative estimate of drug-likeness (QED) is 0.121. The normalized spacial score (nSPS) is 11.4. The molecule has 18 aromatic rings. The summed E-state index contributed by atoms with van der Waals surface area (Å²) in [6, 6.07) is 115. The van der Waals surface area contributed by atoms with Crippen LogP contribution in [0.4, 0.5) is 0 Å². The molecule has 0 fully saturated rings. The third-order valence-corrected chi connectivity index (χ3v) is 18.8. The number of aryl methyl sites for hydroxylation is 2. The second-order valence-corrected chi connectivity index (χ2v) is 24.7. The van der Waals surface area contributed by atoms with Crippen molar-refractivity contribution in [1.29, 1.82) is 0 Å². The lowest BCUT2D eigenvalue weighted by atomic mass is 9.99. The predicted molar refractivity (Wildman–Crippen MR) is 406 cm³/mol. The third-order valence-electron chi connectivity index (χ3n) is 18.8. The highest BCUT2D eigenvalue weighted by atomic mass is 15.0. The summed E-state index contributed by atoms with van der Waals surface area (Å²) >= 11 is 0. The van der Waals surface area contributed by atoms with Crippen LogP contribution >= 0.6 is 0 Å². The molecule has 0 N–H and O–H groups in total. The van der Waals surface area contributed by atoms with E-state index in [9.17, 15) is 0 Å². The molecule has 0 aliphatic carbocycles. The highest BCUT2D eigenvalue weighted by Crippen LogP contribution is 2.39. The van der Waals surface area contributed by atoms with Crippen LogP contribution in [0.25, 0.3) is 178 Å². The van der Waals surface area contributed by atoms with E-state index in [4.69, 9.17) is 29.9 Å². The van der Waals surface area contributed by atoms with Gasteiger partial charge in [-0.2, -0.15) is 0 Å². The van der Waals surface area contributed by atoms with Gasteiger partial charge < -0.3 is 9.13 Å². The van der Waals surface area contributed by atoms with Crippen LogP contribution in [0, 0.1) is 0 Å². The average Bonchev–Trinajstić information content (AvgIpc) is 1.58. The van der Waals surface area contributed by atoms with Gasteiger partial charge in [0.1, 0.15) is 0 Å². The molecule has 8 heteroatoms. The Hall–Kier alpha value is -12.8. The largest absolute Gasteiger partial charge is 0.339 e. The molecule has 0 atom stereocenters. The molecule has 0 unspecified atom stereocenters. The van der Waals surface area contributed by atoms with Crippen molar-refractivity contribution >= 4 is 65.4 Å². The van der Waals surface area contributed by atoms with E-state index in [-0.39, 0.29) is 0 Å². The second kappa shape index (κ2) is 25.5. The van der Waals surface area contributed by atoms with Crippen LogP contribution in [0.1, 0.15) is 13.8 Å². The molecule has 0 aliphatic heterocycles. The lowest BCUT2D eigenvalue weighted by molar-refractivity contribution is 0.829. The number of para-hydroxylation sites is 2. The Morgan fingerprint density at radius 2 is 0.531 bits per heavy atom. The van der Waals surface area contributed by atoms with Crippen molar-refractivity contribution in [3.8, 4) is 113 Å². The van der Waals surface area contributed by atoms with Gasteiger partial charge in [-0.1, -0.05) is 279 Å². The lowest BCUT2D eigenvalue weighted by Gasteiger charge is -2.11. The fraction of sp³-hybridized carbons (Fsp3) is 0.0444. The van der Waals surface area contributed by atoms with Crippen molar-refractivity contribution < 1.29 is 0 Å². The summed E-state index contributed by atoms with van der Waals surface area (Å²) in [4.78, 5) is 30.7. The minimum absolute atomic E-state index is 0.704. The Bertz CT molecular complexity index is 5870. The zero-order valence-electron chi connectivity index (χ0n) is 54.2. The molecule has 0 saturated carbocycles. The van der Waals surface area contributed by atoms with Crippen LogP contribution in [0.15, 0.2) is 328 Å². The van der Waals surface area contributed by atoms with Gasteiger partial charge in [0.25, 0.3) is 0 Å². The molecular weight excluding hydrogens is 1190 g/mol. The van der Waals surface area contributed by atoms with E-state index in [1.165, 1.54) is 43.6 Å². The number of hydrogen-bond acceptors (Lipinski definition) is 6. The molecule has 0 bridgehead atoms. The maximum absolute atomic E-state index is 5.30. The van der Waals surface area contributed by atoms with Gasteiger partial charge in [0.05, 0.1) is 56.2 Å². The highest BCUT2D eigenvalue weighted by molar-refractivity contribution is 6.18. The van der Waals surface area contributed by atoms with Crippen molar-refractivity contribution in [2.75, 3.05) is 0 Å². The first-order valence-corrected chi connectivity index (χ1v) is 33.5. The number of hydrogen-bond donors (Lipinski definition) is 0. The van der Waals surface area contributed by atoms with Crippen molar-refractivity contribution in [2.24, 2.45) is 0 Å². The van der Waals surface area contributed by atoms with E-state index in [0.717, 1.165) is 136 Å². The zero-order chi connectivity index (χ0) is 65.5. The van der Waals surface area contributed by atoms with Crippen molar-refractivity contribution in [2.45, 2.75) is 26.9 Å². The lowest BCUT2D eigenvalue weighted by Crippen LogP contribution is -1.96. The molecule has 0 amide bonds. The summed E-state index contributed by atoms with van der Waals surface area (Å²) in [5.41, 5.74) is 25.4. The molecule has 18 rings (SSSR count). The van der Waals surface area contributed by atoms with Gasteiger partial charge in [0.15, 0.2) is 11.6 Å². The van der Waals surface area contributed by atoms with Gasteiger partial charge in [0.2, 0.25) is 0 Å². The smallest absolute Gasteiger partial charge is 0.160 e. The van der Waals surface area contributed by atoms with Crippen LogP contribution in [-0.2, 0) is 13.1 Å². The topological polar surface area (TPSA) is 87.2 Å². The average molecular weight is 1260 g/mol. The first-order chi connectivity index (χ1) is 48.5. The molecule has 0 radical (unpaired) electrons. The number of fused-ring (bicyclic) bond motifs is 10. The van der Waals surface area contributed by atoms with Crippen LogP contribution in [0.3, 0.4) is 0 Å². The van der Waals surface area contributed by atoms with Crippen LogP contribution < -0.4 is 0 Å². The van der Waals surface area contributed by atoms with Gasteiger partial charge in [-0.15, -0.1) is 0 Å². The summed E-state index contributed by atoms with van der Waals surface area (Å²) in [6.45, 7) is 6.18. The predicted octanol–water partition coefficient (Wildman–Crippen LogP) is 23.0. The molecule has 0 spiro atoms. The number of pyridine rings is 2. The standard InChI is InChI=1S/2C45H32N4/c1-2-49-42-19-10-9-18-37(42)38-26-24-33-25-27-39(46-43(33)44(38)49)36-17-11-16-35(28-36)30-20-22-34(23-21-30)45-47-40(31-12-5-3-6-13-31)29-41(48-45)32-14-7-4-8-15-32;1-2-49-42-19-10-9-18-37(42)38-26-24-34-25-27-39(46-43(34)44(38)49)33-22-20-30(21-23-33)35-16-11-17-36(28-35)45-47-40(31-12-5-3-6-13-31)29-41(48-45)32-14-7-4-8-15-32/h2*3-29H,2H2,1H3. The number of rotatable bonds is 12. The third kappa shape index (κ3) is 11.1. The maximum Gasteiger partial charge on any atom is 0.160 e. The molecule has 12 aromatic carbocycles. The summed E-state index contributed by atoms with van der Waals surface area (Å²) in [5, 5.41) is 7.34. The Balaban J connectivity index is 0.000000147. The molecule has 464 valence electrons. The van der Waals surface area contributed by atoms with E-state index in [2.05, 4.69) is 278 Å². The van der Waals surface area contributed by atoms with E-state index >= 15 is 0 Å². The molecule has 0 aliphatic rings. The van der Waals surface area contributed by atoms with Gasteiger partial charge in [0, 0.05) is 101 Å². The van der Waals surface area contributed by atoms with Crippen LogP contribution in [-0.4, -0.2) is 39.0 Å². The summed E-state index contributed by atoms with van der Waals surface area (Å²) < 4.78 is 4.78. The van der Waals surface area contributed by atoms with Gasteiger partial charge in [-0.25, -0.2) is 29.9 Å². The molecule has 98 heavy (non-hydrogen) atoms. The van der Waals surface area contributed by atoms with Crippen molar-refractivity contribution in [3.63, 3.8) is 0 Å². The molecule has 0 saturated heterocycles. The Labute approximate surface area is 568 Å². The van der Waals surface area contributed by atoms with Gasteiger partial charge >= 0.3 is 0 Å². The van der Waals surface area contributed by atoms with Crippen LogP contribution in [0.5, 0.6) is 0 Å². The second-order valence-electron chi connectivity index (χ2n) is 24.7. The molecular formula is C90H64N8. The first-order valence-electron chi connectivity index (χ1n) is 33.5. The van der Waals surface area contributed by atoms with Crippen LogP contribution in [0.2, 0.25) is 0 Å². The van der Waals surface area contributed by atoms with Crippen molar-refractivity contribution in [1.82, 2.24) is 39.0 Å². The number of benzene rings is 12. The minimum atomic E-state index is 0.704. The Morgan fingerprint density at radius 1 is 0.214 bits per heavy atom. The maximum atomic E-state index is 5.30. The zero-order valence-corrected chi connectivity index (χ0v) is 54.2. The Morgan fingerprint density at radius 3 is 0.959 bits per heavy atom. The summed E-state index contributed by atoms with van der Waals surface area (Å²) in [6.07, 6.45) is 0.